The minimum absolute atomic E-state index is 0.215. The molecule has 0 bridgehead atoms. The van der Waals surface area contributed by atoms with E-state index in [-0.39, 0.29) is 5.95 Å². The van der Waals surface area contributed by atoms with Gasteiger partial charge in [0.15, 0.2) is 11.5 Å². The fraction of sp³-hybridized carbons (Fsp3) is 0.222. The van der Waals surface area contributed by atoms with Gasteiger partial charge in [0.05, 0.1) is 19.9 Å². The van der Waals surface area contributed by atoms with Gasteiger partial charge in [-0.3, -0.25) is 0 Å². The van der Waals surface area contributed by atoms with Crippen LogP contribution in [0.4, 0.5) is 5.95 Å². The molecule has 0 radical (unpaired) electrons. The summed E-state index contributed by atoms with van der Waals surface area (Å²) in [6.07, 6.45) is 0. The standard InChI is InChI=1S/C9H11N5O2/c1-15-7-4-3-6(5-8(7)16-2)14-9(10)11-12-13-14/h3-5H,1-2H3,(H2,10,11,13). The Morgan fingerprint density at radius 2 is 1.94 bits per heavy atom. The van der Waals surface area contributed by atoms with Crippen molar-refractivity contribution in [3.8, 4) is 17.2 Å². The number of ether oxygens (including phenoxy) is 2. The van der Waals surface area contributed by atoms with E-state index in [9.17, 15) is 0 Å². The zero-order valence-corrected chi connectivity index (χ0v) is 8.91. The summed E-state index contributed by atoms with van der Waals surface area (Å²) < 4.78 is 11.7. The lowest BCUT2D eigenvalue weighted by Crippen LogP contribution is -2.03. The van der Waals surface area contributed by atoms with Crippen LogP contribution in [-0.4, -0.2) is 34.4 Å². The molecule has 0 spiro atoms. The van der Waals surface area contributed by atoms with E-state index in [1.165, 1.54) is 4.68 Å². The number of rotatable bonds is 3. The summed E-state index contributed by atoms with van der Waals surface area (Å²) in [5.74, 6) is 1.44. The normalized spacial score (nSPS) is 10.1. The molecular weight excluding hydrogens is 210 g/mol. The maximum Gasteiger partial charge on any atom is 0.245 e. The Morgan fingerprint density at radius 1 is 1.19 bits per heavy atom. The second-order valence-electron chi connectivity index (χ2n) is 2.99. The van der Waals surface area contributed by atoms with Crippen LogP contribution in [0, 0.1) is 0 Å². The molecule has 1 heterocycles. The van der Waals surface area contributed by atoms with Crippen LogP contribution in [-0.2, 0) is 0 Å². The van der Waals surface area contributed by atoms with Crippen molar-refractivity contribution in [3.63, 3.8) is 0 Å². The Bertz CT molecular complexity index is 496. The van der Waals surface area contributed by atoms with Crippen LogP contribution < -0.4 is 15.2 Å². The number of nitrogens with zero attached hydrogens (tertiary/aromatic N) is 4. The number of hydrogen-bond acceptors (Lipinski definition) is 6. The van der Waals surface area contributed by atoms with Crippen molar-refractivity contribution in [1.82, 2.24) is 20.2 Å². The van der Waals surface area contributed by atoms with Gasteiger partial charge >= 0.3 is 0 Å². The maximum absolute atomic E-state index is 5.59. The predicted molar refractivity (Wildman–Crippen MR) is 56.7 cm³/mol. The van der Waals surface area contributed by atoms with Gasteiger partial charge in [-0.05, 0) is 22.6 Å². The monoisotopic (exact) mass is 221 g/mol. The number of methoxy groups -OCH3 is 2. The molecule has 2 aromatic rings. The van der Waals surface area contributed by atoms with E-state index in [2.05, 4.69) is 15.5 Å². The molecule has 84 valence electrons. The van der Waals surface area contributed by atoms with Crippen molar-refractivity contribution in [3.05, 3.63) is 18.2 Å². The van der Waals surface area contributed by atoms with Gasteiger partial charge in [0, 0.05) is 6.07 Å². The summed E-state index contributed by atoms with van der Waals surface area (Å²) in [7, 11) is 3.13. The van der Waals surface area contributed by atoms with Gasteiger partial charge in [0.1, 0.15) is 0 Å². The third-order valence-electron chi connectivity index (χ3n) is 2.11. The molecule has 0 aliphatic rings. The molecule has 0 unspecified atom stereocenters. The average molecular weight is 221 g/mol. The van der Waals surface area contributed by atoms with Crippen LogP contribution in [0.25, 0.3) is 5.69 Å². The summed E-state index contributed by atoms with van der Waals surface area (Å²) in [6.45, 7) is 0. The largest absolute Gasteiger partial charge is 0.493 e. The molecule has 0 aliphatic heterocycles. The van der Waals surface area contributed by atoms with Crippen molar-refractivity contribution >= 4 is 5.95 Å². The summed E-state index contributed by atoms with van der Waals surface area (Å²) in [6, 6.07) is 5.29. The van der Waals surface area contributed by atoms with E-state index < -0.39 is 0 Å². The SMILES string of the molecule is COc1ccc(-n2nnnc2N)cc1OC. The molecule has 0 saturated heterocycles. The highest BCUT2D eigenvalue weighted by molar-refractivity contribution is 5.49. The maximum atomic E-state index is 5.59. The number of nitrogens with two attached hydrogens (primary N) is 1. The van der Waals surface area contributed by atoms with E-state index >= 15 is 0 Å². The number of hydrogen-bond donors (Lipinski definition) is 1. The zero-order valence-electron chi connectivity index (χ0n) is 8.91. The minimum atomic E-state index is 0.215. The molecule has 0 fully saturated rings. The predicted octanol–water partition coefficient (Wildman–Crippen LogP) is 0.262. The molecule has 1 aromatic heterocycles. The van der Waals surface area contributed by atoms with E-state index in [0.29, 0.717) is 17.2 Å². The molecule has 1 aromatic carbocycles. The molecule has 0 amide bonds. The van der Waals surface area contributed by atoms with Gasteiger partial charge in [-0.2, -0.15) is 4.68 Å². The lowest BCUT2D eigenvalue weighted by atomic mass is 10.3. The van der Waals surface area contributed by atoms with Crippen molar-refractivity contribution in [1.29, 1.82) is 0 Å². The molecule has 0 saturated carbocycles. The fourth-order valence-electron chi connectivity index (χ4n) is 1.33. The lowest BCUT2D eigenvalue weighted by Gasteiger charge is -2.09. The van der Waals surface area contributed by atoms with Crippen LogP contribution in [0.2, 0.25) is 0 Å². The second-order valence-corrected chi connectivity index (χ2v) is 2.99. The first kappa shape index (κ1) is 10.2. The Hall–Kier alpha value is -2.31. The van der Waals surface area contributed by atoms with Gasteiger partial charge in [-0.1, -0.05) is 5.10 Å². The summed E-state index contributed by atoms with van der Waals surface area (Å²) in [5, 5.41) is 10.8. The number of benzene rings is 1. The van der Waals surface area contributed by atoms with Crippen LogP contribution in [0.1, 0.15) is 0 Å². The quantitative estimate of drug-likeness (QED) is 0.799. The first-order valence-electron chi connectivity index (χ1n) is 4.52. The molecule has 2 N–H and O–H groups in total. The Morgan fingerprint density at radius 3 is 2.50 bits per heavy atom. The Labute approximate surface area is 91.8 Å². The van der Waals surface area contributed by atoms with E-state index in [1.807, 2.05) is 0 Å². The number of aromatic nitrogens is 4. The van der Waals surface area contributed by atoms with Gasteiger partial charge in [0.25, 0.3) is 0 Å². The third kappa shape index (κ3) is 1.62. The van der Waals surface area contributed by atoms with E-state index in [0.717, 1.165) is 0 Å². The molecule has 7 heteroatoms. The van der Waals surface area contributed by atoms with Crippen molar-refractivity contribution in [2.45, 2.75) is 0 Å². The highest BCUT2D eigenvalue weighted by Crippen LogP contribution is 2.29. The highest BCUT2D eigenvalue weighted by atomic mass is 16.5. The van der Waals surface area contributed by atoms with Gasteiger partial charge in [0.2, 0.25) is 5.95 Å². The summed E-state index contributed by atoms with van der Waals surface area (Å²) in [5.41, 5.74) is 6.30. The van der Waals surface area contributed by atoms with Crippen molar-refractivity contribution < 1.29 is 9.47 Å². The zero-order chi connectivity index (χ0) is 11.5. The molecular formula is C9H11N5O2. The van der Waals surface area contributed by atoms with Crippen LogP contribution in [0.5, 0.6) is 11.5 Å². The highest BCUT2D eigenvalue weighted by Gasteiger charge is 2.09. The molecule has 0 aliphatic carbocycles. The van der Waals surface area contributed by atoms with Gasteiger partial charge in [-0.25, -0.2) is 0 Å². The minimum Gasteiger partial charge on any atom is -0.493 e. The topological polar surface area (TPSA) is 88.1 Å². The first-order chi connectivity index (χ1) is 7.76. The van der Waals surface area contributed by atoms with Crippen LogP contribution in [0.15, 0.2) is 18.2 Å². The molecule has 0 atom stereocenters. The second kappa shape index (κ2) is 4.05. The van der Waals surface area contributed by atoms with E-state index in [4.69, 9.17) is 15.2 Å². The fourth-order valence-corrected chi connectivity index (χ4v) is 1.33. The van der Waals surface area contributed by atoms with Gasteiger partial charge in [-0.15, -0.1) is 0 Å². The van der Waals surface area contributed by atoms with Crippen LogP contribution >= 0.6 is 0 Å². The lowest BCUT2D eigenvalue weighted by molar-refractivity contribution is 0.354. The van der Waals surface area contributed by atoms with Crippen molar-refractivity contribution in [2.24, 2.45) is 0 Å². The molecule has 2 rings (SSSR count). The summed E-state index contributed by atoms with van der Waals surface area (Å²) >= 11 is 0. The van der Waals surface area contributed by atoms with Gasteiger partial charge < -0.3 is 15.2 Å². The smallest absolute Gasteiger partial charge is 0.245 e. The number of tetrazole rings is 1. The molecule has 16 heavy (non-hydrogen) atoms. The Kier molecular flexibility index (Phi) is 2.59. The van der Waals surface area contributed by atoms with E-state index in [1.54, 1.807) is 32.4 Å². The molecule has 7 nitrogen and oxygen atoms in total. The van der Waals surface area contributed by atoms with Crippen LogP contribution in [0.3, 0.4) is 0 Å². The number of nitrogen functional groups attached to an aromatic ring is 1. The van der Waals surface area contributed by atoms with Crippen molar-refractivity contribution in [2.75, 3.05) is 20.0 Å². The Balaban J connectivity index is 2.48. The first-order valence-corrected chi connectivity index (χ1v) is 4.52. The summed E-state index contributed by atoms with van der Waals surface area (Å²) in [4.78, 5) is 0. The average Bonchev–Trinajstić information content (AvgIpc) is 2.74. The number of anilines is 1. The third-order valence-corrected chi connectivity index (χ3v) is 2.11.